The average molecular weight is 418 g/mol. The van der Waals surface area contributed by atoms with E-state index in [1.807, 2.05) is 18.2 Å². The minimum atomic E-state index is 0.385. The van der Waals surface area contributed by atoms with Gasteiger partial charge in [-0.1, -0.05) is 35.9 Å². The zero-order chi connectivity index (χ0) is 19.9. The van der Waals surface area contributed by atoms with Gasteiger partial charge in [0, 0.05) is 14.1 Å². The molecule has 1 heterocycles. The first kappa shape index (κ1) is 20.1. The summed E-state index contributed by atoms with van der Waals surface area (Å²) in [6, 6.07) is 10.9. The van der Waals surface area contributed by atoms with Crippen molar-refractivity contribution >= 4 is 29.6 Å². The second-order valence-corrected chi connectivity index (χ2v) is 6.65. The molecule has 10 heteroatoms. The zero-order valence-electron chi connectivity index (χ0n) is 15.1. The topological polar surface area (TPSA) is 66.0 Å². The van der Waals surface area contributed by atoms with Crippen LogP contribution >= 0.6 is 23.9 Å². The molecule has 0 aliphatic carbocycles. The van der Waals surface area contributed by atoms with Gasteiger partial charge in [-0.2, -0.15) is 10.2 Å². The Bertz CT molecular complexity index is 976. The lowest BCUT2D eigenvalue weighted by molar-refractivity contribution is -0.342. The van der Waals surface area contributed by atoms with E-state index in [-0.39, 0.29) is 0 Å². The van der Waals surface area contributed by atoms with Gasteiger partial charge in [0.05, 0.1) is 18.1 Å². The Balaban J connectivity index is 1.80. The maximum atomic E-state index is 7.45. The van der Waals surface area contributed by atoms with Crippen LogP contribution in [0.15, 0.2) is 49.1 Å². The lowest BCUT2D eigenvalue weighted by Crippen LogP contribution is -2.10. The molecule has 2 aromatic carbocycles. The maximum absolute atomic E-state index is 7.45. The van der Waals surface area contributed by atoms with Crippen molar-refractivity contribution < 1.29 is 13.5 Å². The quantitative estimate of drug-likeness (QED) is 0.175. The fourth-order valence-electron chi connectivity index (χ4n) is 2.37. The van der Waals surface area contributed by atoms with Crippen LogP contribution < -0.4 is 4.18 Å². The van der Waals surface area contributed by atoms with E-state index in [0.717, 1.165) is 16.7 Å². The van der Waals surface area contributed by atoms with E-state index in [1.165, 1.54) is 11.4 Å². The minimum absolute atomic E-state index is 0.385. The lowest BCUT2D eigenvalue weighted by atomic mass is 10.0. The van der Waals surface area contributed by atoms with Crippen molar-refractivity contribution in [2.24, 2.45) is 0 Å². The zero-order valence-corrected chi connectivity index (χ0v) is 16.6. The highest BCUT2D eigenvalue weighted by atomic mass is 35.5. The molecule has 3 aromatic rings. The van der Waals surface area contributed by atoms with E-state index in [1.54, 1.807) is 43.3 Å². The molecule has 3 rings (SSSR count). The molecular weight excluding hydrogens is 402 g/mol. The number of nitrogens with zero attached hydrogens (tertiary/aromatic N) is 5. The van der Waals surface area contributed by atoms with Crippen LogP contribution in [0.5, 0.6) is 5.75 Å². The molecule has 0 atom stereocenters. The van der Waals surface area contributed by atoms with Crippen molar-refractivity contribution in [2.75, 3.05) is 14.1 Å². The van der Waals surface area contributed by atoms with Crippen LogP contribution in [-0.4, -0.2) is 33.9 Å². The van der Waals surface area contributed by atoms with Gasteiger partial charge in [-0.05, 0) is 28.8 Å². The summed E-state index contributed by atoms with van der Waals surface area (Å²) < 4.78 is 11.9. The van der Waals surface area contributed by atoms with Gasteiger partial charge in [-0.25, -0.2) is 14.5 Å². The van der Waals surface area contributed by atoms with Crippen LogP contribution in [0.25, 0.3) is 16.0 Å². The lowest BCUT2D eigenvalue weighted by Gasteiger charge is -2.11. The van der Waals surface area contributed by atoms with Crippen LogP contribution in [0.1, 0.15) is 5.56 Å². The number of aromatic nitrogens is 3. The summed E-state index contributed by atoms with van der Waals surface area (Å²) in [4.78, 5) is 12.3. The van der Waals surface area contributed by atoms with Gasteiger partial charge in [0.15, 0.2) is 11.4 Å². The highest BCUT2D eigenvalue weighted by molar-refractivity contribution is 7.90. The SMILES string of the molecule is [C-]#[N+]c1ccc(Cn2cncn2)cc1-c1ccc(OSOON(C)C)c(Cl)c1. The molecule has 1 aromatic heterocycles. The molecule has 8 nitrogen and oxygen atoms in total. The summed E-state index contributed by atoms with van der Waals surface area (Å²) in [5.41, 5.74) is 3.11. The second kappa shape index (κ2) is 9.54. The average Bonchev–Trinajstić information content (AvgIpc) is 3.19. The van der Waals surface area contributed by atoms with Crippen molar-refractivity contribution in [1.82, 2.24) is 19.8 Å². The van der Waals surface area contributed by atoms with Gasteiger partial charge in [0.2, 0.25) is 0 Å². The van der Waals surface area contributed by atoms with Crippen molar-refractivity contribution in [3.8, 4) is 16.9 Å². The second-order valence-electron chi connectivity index (χ2n) is 5.81. The van der Waals surface area contributed by atoms with Crippen LogP contribution in [0.4, 0.5) is 5.69 Å². The number of rotatable bonds is 8. The highest BCUT2D eigenvalue weighted by Gasteiger charge is 2.11. The first-order valence-electron chi connectivity index (χ1n) is 8.05. The number of halogens is 1. The van der Waals surface area contributed by atoms with Crippen molar-refractivity contribution in [3.05, 3.63) is 71.1 Å². The predicted octanol–water partition coefficient (Wildman–Crippen LogP) is 4.56. The smallest absolute Gasteiger partial charge is 0.260 e. The van der Waals surface area contributed by atoms with E-state index in [4.69, 9.17) is 31.7 Å². The highest BCUT2D eigenvalue weighted by Crippen LogP contribution is 2.37. The Morgan fingerprint density at radius 1 is 1.25 bits per heavy atom. The molecule has 0 unspecified atom stereocenters. The Kier molecular flexibility index (Phi) is 6.86. The molecule has 0 fully saturated rings. The van der Waals surface area contributed by atoms with Gasteiger partial charge in [0.25, 0.3) is 12.3 Å². The van der Waals surface area contributed by atoms with E-state index < -0.39 is 0 Å². The third kappa shape index (κ3) is 5.22. The Hall–Kier alpha value is -2.61. The van der Waals surface area contributed by atoms with Gasteiger partial charge in [-0.15, -0.1) is 9.32 Å². The fraction of sp³-hybridized carbons (Fsp3) is 0.167. The molecule has 28 heavy (non-hydrogen) atoms. The summed E-state index contributed by atoms with van der Waals surface area (Å²) in [5.74, 6) is 0.418. The third-order valence-corrected chi connectivity index (χ3v) is 4.23. The van der Waals surface area contributed by atoms with E-state index in [0.29, 0.717) is 35.3 Å². The monoisotopic (exact) mass is 417 g/mol. The number of benzene rings is 2. The normalized spacial score (nSPS) is 10.8. The van der Waals surface area contributed by atoms with Gasteiger partial charge in [0.1, 0.15) is 12.7 Å². The molecule has 0 aliphatic rings. The van der Waals surface area contributed by atoms with Crippen molar-refractivity contribution in [3.63, 3.8) is 0 Å². The molecule has 0 aliphatic heterocycles. The third-order valence-electron chi connectivity index (χ3n) is 3.57. The summed E-state index contributed by atoms with van der Waals surface area (Å²) in [6.45, 7) is 8.00. The van der Waals surface area contributed by atoms with Crippen molar-refractivity contribution in [1.29, 1.82) is 0 Å². The summed E-state index contributed by atoms with van der Waals surface area (Å²) in [6.07, 6.45) is 3.13. The minimum Gasteiger partial charge on any atom is -0.397 e. The number of hydrogen-bond donors (Lipinski definition) is 0. The Labute approximate surface area is 171 Å². The molecule has 0 bridgehead atoms. The van der Waals surface area contributed by atoms with Crippen LogP contribution in [0.3, 0.4) is 0 Å². The van der Waals surface area contributed by atoms with E-state index >= 15 is 0 Å². The molecular formula is C18H16ClN5O3S. The number of hydrogen-bond acceptors (Lipinski definition) is 7. The first-order chi connectivity index (χ1) is 13.6. The molecule has 0 saturated carbocycles. The fourth-order valence-corrected chi connectivity index (χ4v) is 3.03. The van der Waals surface area contributed by atoms with Gasteiger partial charge < -0.3 is 4.18 Å². The van der Waals surface area contributed by atoms with Crippen LogP contribution in [0, 0.1) is 6.57 Å². The van der Waals surface area contributed by atoms with Gasteiger partial charge in [-0.3, -0.25) is 0 Å². The molecule has 144 valence electrons. The van der Waals surface area contributed by atoms with Crippen LogP contribution in [-0.2, 0) is 15.9 Å². The largest absolute Gasteiger partial charge is 0.397 e. The summed E-state index contributed by atoms with van der Waals surface area (Å²) >= 11 is 6.98. The molecule has 0 radical (unpaired) electrons. The Morgan fingerprint density at radius 3 is 2.79 bits per heavy atom. The molecule has 0 saturated heterocycles. The van der Waals surface area contributed by atoms with Crippen molar-refractivity contribution in [2.45, 2.75) is 6.54 Å². The Morgan fingerprint density at radius 2 is 2.11 bits per heavy atom. The van der Waals surface area contributed by atoms with Gasteiger partial charge >= 0.3 is 0 Å². The van der Waals surface area contributed by atoms with Crippen LogP contribution in [0.2, 0.25) is 5.02 Å². The van der Waals surface area contributed by atoms with E-state index in [2.05, 4.69) is 14.9 Å². The predicted molar refractivity (Wildman–Crippen MR) is 106 cm³/mol. The molecule has 0 spiro atoms. The first-order valence-corrected chi connectivity index (χ1v) is 9.09. The maximum Gasteiger partial charge on any atom is 0.260 e. The summed E-state index contributed by atoms with van der Waals surface area (Å²) in [7, 11) is 3.35. The summed E-state index contributed by atoms with van der Waals surface area (Å²) in [5, 5.41) is 5.87. The van der Waals surface area contributed by atoms with E-state index in [9.17, 15) is 0 Å². The standard InChI is InChI=1S/C18H16ClN5O3S/c1-20-17-6-4-13(10-24-12-21-11-22-24)8-15(17)14-5-7-18(16(19)9-14)25-28-27-26-23(2)3/h4-9,11-12H,10H2,2-3H3. The molecule has 0 N–H and O–H groups in total. The molecule has 0 amide bonds. The number of hydroxylamine groups is 2.